The molecule has 1 aliphatic rings. The predicted molar refractivity (Wildman–Crippen MR) is 119 cm³/mol. The molecule has 1 fully saturated rings. The molecule has 1 N–H and O–H groups in total. The monoisotopic (exact) mass is 417 g/mol. The van der Waals surface area contributed by atoms with Crippen LogP contribution in [0.1, 0.15) is 11.3 Å². The van der Waals surface area contributed by atoms with Gasteiger partial charge in [0.05, 0.1) is 23.4 Å². The van der Waals surface area contributed by atoms with Gasteiger partial charge in [-0.15, -0.1) is 0 Å². The Balaban J connectivity index is 1.49. The number of hydrogen-bond donors (Lipinski definition) is 1. The second-order valence-corrected chi connectivity index (χ2v) is 7.38. The second kappa shape index (κ2) is 9.28. The number of carbonyl (C=O) groups excluding carboxylic acids is 1. The number of thioether (sulfide) groups is 1. The molecule has 150 valence electrons. The minimum absolute atomic E-state index is 0.154. The van der Waals surface area contributed by atoms with Crippen molar-refractivity contribution < 1.29 is 14.3 Å². The molecule has 6 nitrogen and oxygen atoms in total. The normalized spacial score (nSPS) is 16.0. The molecule has 0 spiro atoms. The molecule has 1 amide bonds. The van der Waals surface area contributed by atoms with E-state index in [9.17, 15) is 4.79 Å². The summed E-state index contributed by atoms with van der Waals surface area (Å²) in [6.45, 7) is 0.410. The van der Waals surface area contributed by atoms with Crippen LogP contribution in [-0.4, -0.2) is 23.2 Å². The number of carbonyl (C=O) groups is 1. The minimum Gasteiger partial charge on any atom is -0.497 e. The lowest BCUT2D eigenvalue weighted by atomic mass is 10.2. The molecule has 0 bridgehead atoms. The highest BCUT2D eigenvalue weighted by molar-refractivity contribution is 8.18. The van der Waals surface area contributed by atoms with Crippen LogP contribution in [0.4, 0.5) is 10.5 Å². The first-order valence-electron chi connectivity index (χ1n) is 9.26. The van der Waals surface area contributed by atoms with Crippen molar-refractivity contribution in [3.8, 4) is 11.5 Å². The van der Waals surface area contributed by atoms with Gasteiger partial charge in [-0.3, -0.25) is 9.78 Å². The largest absolute Gasteiger partial charge is 0.497 e. The van der Waals surface area contributed by atoms with Crippen LogP contribution in [-0.2, 0) is 6.61 Å². The number of pyridine rings is 1. The van der Waals surface area contributed by atoms with Crippen molar-refractivity contribution in [2.45, 2.75) is 6.61 Å². The molecule has 0 atom stereocenters. The maximum atomic E-state index is 11.9. The van der Waals surface area contributed by atoms with Crippen LogP contribution in [0.15, 0.2) is 82.8 Å². The van der Waals surface area contributed by atoms with Gasteiger partial charge in [-0.05, 0) is 59.8 Å². The SMILES string of the molecule is COc1cccc(N=C2NC(=O)S/C2=C\c2ccc(OCc3ccccn3)cc2)c1. The fourth-order valence-electron chi connectivity index (χ4n) is 2.77. The molecule has 2 heterocycles. The molecule has 1 aliphatic heterocycles. The summed E-state index contributed by atoms with van der Waals surface area (Å²) in [5, 5.41) is 2.64. The van der Waals surface area contributed by atoms with E-state index in [0.29, 0.717) is 23.9 Å². The highest BCUT2D eigenvalue weighted by atomic mass is 32.2. The van der Waals surface area contributed by atoms with E-state index < -0.39 is 0 Å². The third kappa shape index (κ3) is 5.07. The number of hydrogen-bond acceptors (Lipinski definition) is 6. The maximum Gasteiger partial charge on any atom is 0.289 e. The van der Waals surface area contributed by atoms with Crippen LogP contribution < -0.4 is 14.8 Å². The third-order valence-electron chi connectivity index (χ3n) is 4.24. The number of rotatable bonds is 6. The zero-order valence-corrected chi connectivity index (χ0v) is 17.1. The van der Waals surface area contributed by atoms with Gasteiger partial charge in [0.15, 0.2) is 0 Å². The molecular formula is C23H19N3O3S. The van der Waals surface area contributed by atoms with Crippen molar-refractivity contribution >= 4 is 34.6 Å². The molecule has 0 unspecified atom stereocenters. The first-order chi connectivity index (χ1) is 14.7. The third-order valence-corrected chi connectivity index (χ3v) is 5.06. The molecule has 4 rings (SSSR count). The number of nitrogens with one attached hydrogen (secondary N) is 1. The molecule has 3 aromatic rings. The zero-order valence-electron chi connectivity index (χ0n) is 16.2. The smallest absolute Gasteiger partial charge is 0.289 e. The summed E-state index contributed by atoms with van der Waals surface area (Å²) in [6.07, 6.45) is 3.66. The average Bonchev–Trinajstić information content (AvgIpc) is 3.12. The van der Waals surface area contributed by atoms with E-state index in [1.165, 1.54) is 0 Å². The summed E-state index contributed by atoms with van der Waals surface area (Å²) in [4.78, 5) is 21.5. The first kappa shape index (κ1) is 19.7. The van der Waals surface area contributed by atoms with Crippen LogP contribution in [0.3, 0.4) is 0 Å². The molecule has 7 heteroatoms. The maximum absolute atomic E-state index is 11.9. The van der Waals surface area contributed by atoms with Crippen LogP contribution >= 0.6 is 11.8 Å². The van der Waals surface area contributed by atoms with Crippen molar-refractivity contribution in [1.82, 2.24) is 10.3 Å². The van der Waals surface area contributed by atoms with Gasteiger partial charge in [0, 0.05) is 12.3 Å². The Bertz CT molecular complexity index is 1100. The van der Waals surface area contributed by atoms with Crippen LogP contribution in [0.5, 0.6) is 11.5 Å². The topological polar surface area (TPSA) is 72.8 Å². The number of ether oxygens (including phenoxy) is 2. The van der Waals surface area contributed by atoms with E-state index >= 15 is 0 Å². The van der Waals surface area contributed by atoms with E-state index in [4.69, 9.17) is 9.47 Å². The van der Waals surface area contributed by atoms with Crippen molar-refractivity contribution in [1.29, 1.82) is 0 Å². The number of aliphatic imine (C=N–C) groups is 1. The summed E-state index contributed by atoms with van der Waals surface area (Å²) in [5.41, 5.74) is 2.52. The van der Waals surface area contributed by atoms with Crippen molar-refractivity contribution in [3.05, 3.63) is 89.1 Å². The Kier molecular flexibility index (Phi) is 6.10. The fraction of sp³-hybridized carbons (Fsp3) is 0.0870. The lowest BCUT2D eigenvalue weighted by molar-refractivity contribution is 0.265. The van der Waals surface area contributed by atoms with E-state index in [0.717, 1.165) is 33.7 Å². The number of aromatic nitrogens is 1. The van der Waals surface area contributed by atoms with Gasteiger partial charge < -0.3 is 14.8 Å². The lowest BCUT2D eigenvalue weighted by Gasteiger charge is -2.06. The molecule has 1 saturated heterocycles. The summed E-state index contributed by atoms with van der Waals surface area (Å²) >= 11 is 1.12. The molecule has 0 radical (unpaired) electrons. The minimum atomic E-state index is -0.154. The van der Waals surface area contributed by atoms with Gasteiger partial charge in [0.25, 0.3) is 5.24 Å². The standard InChI is InChI=1S/C23H19N3O3S/c1-28-20-7-4-6-17(14-20)25-22-21(30-23(27)26-22)13-16-8-10-19(11-9-16)29-15-18-5-2-3-12-24-18/h2-14H,15H2,1H3,(H,25,26,27)/b21-13-. The van der Waals surface area contributed by atoms with Gasteiger partial charge >= 0.3 is 0 Å². The van der Waals surface area contributed by atoms with Crippen LogP contribution in [0.25, 0.3) is 6.08 Å². The van der Waals surface area contributed by atoms with E-state index in [1.807, 2.05) is 72.8 Å². The Labute approximate surface area is 178 Å². The van der Waals surface area contributed by atoms with Crippen molar-refractivity contribution in [3.63, 3.8) is 0 Å². The number of benzene rings is 2. The van der Waals surface area contributed by atoms with Gasteiger partial charge in [0.2, 0.25) is 0 Å². The van der Waals surface area contributed by atoms with E-state index in [-0.39, 0.29) is 5.24 Å². The van der Waals surface area contributed by atoms with Gasteiger partial charge in [-0.2, -0.15) is 0 Å². The number of amides is 1. The summed E-state index contributed by atoms with van der Waals surface area (Å²) in [5.74, 6) is 1.98. The van der Waals surface area contributed by atoms with Crippen molar-refractivity contribution in [2.75, 3.05) is 7.11 Å². The number of nitrogens with zero attached hydrogens (tertiary/aromatic N) is 2. The molecule has 0 saturated carbocycles. The highest BCUT2D eigenvalue weighted by Gasteiger charge is 2.23. The van der Waals surface area contributed by atoms with E-state index in [2.05, 4.69) is 15.3 Å². The predicted octanol–water partition coefficient (Wildman–Crippen LogP) is 5.20. The fourth-order valence-corrected chi connectivity index (χ4v) is 3.51. The molecular weight excluding hydrogens is 398 g/mol. The molecule has 1 aromatic heterocycles. The molecule has 0 aliphatic carbocycles. The molecule has 2 aromatic carbocycles. The summed E-state index contributed by atoms with van der Waals surface area (Å²) in [6, 6.07) is 20.8. The zero-order chi connectivity index (χ0) is 20.8. The summed E-state index contributed by atoms with van der Waals surface area (Å²) in [7, 11) is 1.61. The van der Waals surface area contributed by atoms with E-state index in [1.54, 1.807) is 13.3 Å². The Morgan fingerprint density at radius 1 is 1.07 bits per heavy atom. The van der Waals surface area contributed by atoms with Gasteiger partial charge in [-0.1, -0.05) is 24.3 Å². The Morgan fingerprint density at radius 2 is 1.93 bits per heavy atom. The Morgan fingerprint density at radius 3 is 2.70 bits per heavy atom. The van der Waals surface area contributed by atoms with Crippen molar-refractivity contribution in [2.24, 2.45) is 4.99 Å². The lowest BCUT2D eigenvalue weighted by Crippen LogP contribution is -2.18. The quantitative estimate of drug-likeness (QED) is 0.597. The average molecular weight is 417 g/mol. The highest BCUT2D eigenvalue weighted by Crippen LogP contribution is 2.29. The number of amidine groups is 1. The Hall–Kier alpha value is -3.58. The van der Waals surface area contributed by atoms with Gasteiger partial charge in [0.1, 0.15) is 23.9 Å². The van der Waals surface area contributed by atoms with Crippen LogP contribution in [0.2, 0.25) is 0 Å². The molecule has 30 heavy (non-hydrogen) atoms. The van der Waals surface area contributed by atoms with Crippen LogP contribution in [0, 0.1) is 0 Å². The first-order valence-corrected chi connectivity index (χ1v) is 10.1. The number of methoxy groups -OCH3 is 1. The van der Waals surface area contributed by atoms with Gasteiger partial charge in [-0.25, -0.2) is 4.99 Å². The second-order valence-electron chi connectivity index (χ2n) is 6.36. The summed E-state index contributed by atoms with van der Waals surface area (Å²) < 4.78 is 11.0.